The van der Waals surface area contributed by atoms with Gasteiger partial charge in [-0.05, 0) is 69.2 Å². The van der Waals surface area contributed by atoms with E-state index in [0.29, 0.717) is 23.7 Å². The Balaban J connectivity index is 3.10. The summed E-state index contributed by atoms with van der Waals surface area (Å²) < 4.78 is 0. The van der Waals surface area contributed by atoms with Crippen molar-refractivity contribution in [2.24, 2.45) is 0 Å². The zero-order chi connectivity index (χ0) is 19.8. The maximum atomic E-state index is 6.84. The van der Waals surface area contributed by atoms with Crippen LogP contribution in [0.15, 0.2) is 24.3 Å². The van der Waals surface area contributed by atoms with Crippen molar-refractivity contribution < 1.29 is 0 Å². The molecule has 2 heteroatoms. The summed E-state index contributed by atoms with van der Waals surface area (Å²) in [6.45, 7) is 18.1. The topological polar surface area (TPSA) is 52.0 Å². The summed E-state index contributed by atoms with van der Waals surface area (Å²) in [6, 6.07) is 8.25. The van der Waals surface area contributed by atoms with Crippen molar-refractivity contribution in [3.05, 3.63) is 46.5 Å². The van der Waals surface area contributed by atoms with E-state index in [4.69, 9.17) is 11.5 Å². The molecule has 0 atom stereocenters. The third-order valence-electron chi connectivity index (χ3n) is 5.18. The SMILES string of the molecule is CC(C)c1c(N)c(C(C)C)c(C(C)C)c(C(C)C)c1-c1cccc(N)c1. The molecule has 0 unspecified atom stereocenters. The van der Waals surface area contributed by atoms with Gasteiger partial charge >= 0.3 is 0 Å². The van der Waals surface area contributed by atoms with Crippen LogP contribution >= 0.6 is 0 Å². The zero-order valence-corrected chi connectivity index (χ0v) is 17.8. The quantitative estimate of drug-likeness (QED) is 0.568. The fourth-order valence-corrected chi connectivity index (χ4v) is 4.30. The van der Waals surface area contributed by atoms with Crippen LogP contribution in [0.3, 0.4) is 0 Å². The predicted molar refractivity (Wildman–Crippen MR) is 117 cm³/mol. The molecule has 0 spiro atoms. The highest BCUT2D eigenvalue weighted by Gasteiger charge is 2.28. The first kappa shape index (κ1) is 20.4. The molecule has 2 nitrogen and oxygen atoms in total. The van der Waals surface area contributed by atoms with Gasteiger partial charge in [0.05, 0.1) is 0 Å². The molecular formula is C24H36N2. The van der Waals surface area contributed by atoms with Crippen LogP contribution in [-0.2, 0) is 0 Å². The van der Waals surface area contributed by atoms with Crippen molar-refractivity contribution in [2.75, 3.05) is 11.5 Å². The summed E-state index contributed by atoms with van der Waals surface area (Å²) in [5, 5.41) is 0. The van der Waals surface area contributed by atoms with Crippen LogP contribution < -0.4 is 11.5 Å². The van der Waals surface area contributed by atoms with Crippen molar-refractivity contribution in [1.82, 2.24) is 0 Å². The molecule has 2 rings (SSSR count). The van der Waals surface area contributed by atoms with E-state index in [1.807, 2.05) is 12.1 Å². The predicted octanol–water partition coefficient (Wildman–Crippen LogP) is 7.01. The van der Waals surface area contributed by atoms with Crippen LogP contribution in [0, 0.1) is 0 Å². The number of anilines is 2. The van der Waals surface area contributed by atoms with Crippen LogP contribution in [0.4, 0.5) is 11.4 Å². The van der Waals surface area contributed by atoms with Gasteiger partial charge in [-0.25, -0.2) is 0 Å². The average Bonchev–Trinajstić information content (AvgIpc) is 2.52. The molecule has 2 aromatic rings. The van der Waals surface area contributed by atoms with Crippen molar-refractivity contribution in [1.29, 1.82) is 0 Å². The largest absolute Gasteiger partial charge is 0.399 e. The number of benzene rings is 2. The lowest BCUT2D eigenvalue weighted by Crippen LogP contribution is -2.15. The summed E-state index contributed by atoms with van der Waals surface area (Å²) in [6.07, 6.45) is 0. The minimum absolute atomic E-state index is 0.350. The molecule has 0 radical (unpaired) electrons. The number of hydrogen-bond acceptors (Lipinski definition) is 2. The Morgan fingerprint density at radius 1 is 0.615 bits per heavy atom. The van der Waals surface area contributed by atoms with Crippen molar-refractivity contribution in [2.45, 2.75) is 79.1 Å². The second-order valence-corrected chi connectivity index (χ2v) is 8.69. The molecule has 142 valence electrons. The summed E-state index contributed by atoms with van der Waals surface area (Å²) in [4.78, 5) is 0. The second kappa shape index (κ2) is 7.73. The first-order valence-corrected chi connectivity index (χ1v) is 9.92. The third-order valence-corrected chi connectivity index (χ3v) is 5.18. The van der Waals surface area contributed by atoms with Gasteiger partial charge in [0, 0.05) is 11.4 Å². The molecule has 0 aliphatic rings. The molecule has 0 heterocycles. The molecule has 0 fully saturated rings. The maximum Gasteiger partial charge on any atom is 0.0393 e. The molecule has 0 saturated carbocycles. The minimum Gasteiger partial charge on any atom is -0.399 e. The maximum absolute atomic E-state index is 6.84. The van der Waals surface area contributed by atoms with Gasteiger partial charge in [0.2, 0.25) is 0 Å². The van der Waals surface area contributed by atoms with E-state index in [2.05, 4.69) is 67.5 Å². The van der Waals surface area contributed by atoms with E-state index in [-0.39, 0.29) is 0 Å². The first-order valence-electron chi connectivity index (χ1n) is 9.92. The van der Waals surface area contributed by atoms with Gasteiger partial charge in [-0.1, -0.05) is 67.5 Å². The van der Waals surface area contributed by atoms with Crippen LogP contribution in [0.5, 0.6) is 0 Å². The Morgan fingerprint density at radius 3 is 1.54 bits per heavy atom. The summed E-state index contributed by atoms with van der Waals surface area (Å²) >= 11 is 0. The van der Waals surface area contributed by atoms with E-state index >= 15 is 0 Å². The molecule has 4 N–H and O–H groups in total. The van der Waals surface area contributed by atoms with Gasteiger partial charge in [-0.3, -0.25) is 0 Å². The highest BCUT2D eigenvalue weighted by atomic mass is 14.6. The van der Waals surface area contributed by atoms with Gasteiger partial charge in [0.15, 0.2) is 0 Å². The molecule has 0 bridgehead atoms. The Kier molecular flexibility index (Phi) is 6.05. The lowest BCUT2D eigenvalue weighted by molar-refractivity contribution is 0.742. The first-order chi connectivity index (χ1) is 12.1. The fourth-order valence-electron chi connectivity index (χ4n) is 4.30. The Labute approximate surface area is 160 Å². The van der Waals surface area contributed by atoms with E-state index < -0.39 is 0 Å². The highest BCUT2D eigenvalue weighted by molar-refractivity contribution is 5.83. The zero-order valence-electron chi connectivity index (χ0n) is 17.8. The molecule has 0 aromatic heterocycles. The van der Waals surface area contributed by atoms with E-state index in [9.17, 15) is 0 Å². The molecule has 2 aromatic carbocycles. The smallest absolute Gasteiger partial charge is 0.0393 e. The third kappa shape index (κ3) is 3.60. The summed E-state index contributed by atoms with van der Waals surface area (Å²) in [5.74, 6) is 1.59. The monoisotopic (exact) mass is 352 g/mol. The van der Waals surface area contributed by atoms with Gasteiger partial charge in [-0.2, -0.15) is 0 Å². The van der Waals surface area contributed by atoms with Gasteiger partial charge in [-0.15, -0.1) is 0 Å². The van der Waals surface area contributed by atoms with E-state index in [1.54, 1.807) is 0 Å². The molecule has 0 amide bonds. The van der Waals surface area contributed by atoms with Gasteiger partial charge in [0.1, 0.15) is 0 Å². The Hall–Kier alpha value is -1.96. The minimum atomic E-state index is 0.350. The Morgan fingerprint density at radius 2 is 1.12 bits per heavy atom. The van der Waals surface area contributed by atoms with Crippen LogP contribution in [0.25, 0.3) is 11.1 Å². The second-order valence-electron chi connectivity index (χ2n) is 8.69. The average molecular weight is 353 g/mol. The summed E-state index contributed by atoms with van der Waals surface area (Å²) in [7, 11) is 0. The van der Waals surface area contributed by atoms with Crippen LogP contribution in [0.1, 0.15) is 101 Å². The lowest BCUT2D eigenvalue weighted by Gasteiger charge is -2.32. The summed E-state index contributed by atoms with van der Waals surface area (Å²) in [5.41, 5.74) is 22.7. The normalized spacial score (nSPS) is 12.0. The Bertz CT molecular complexity index is 783. The standard InChI is InChI=1S/C24H36N2/c1-13(2)19-20(14(3)4)23(17-10-9-11-18(25)12-17)22(16(7)8)24(26)21(19)15(5)6/h9-16H,25-26H2,1-8H3. The van der Waals surface area contributed by atoms with Crippen LogP contribution in [0.2, 0.25) is 0 Å². The molecule has 0 saturated heterocycles. The number of hydrogen-bond donors (Lipinski definition) is 2. The van der Waals surface area contributed by atoms with Gasteiger partial charge < -0.3 is 11.5 Å². The number of nitrogen functional groups attached to an aromatic ring is 2. The molecule has 26 heavy (non-hydrogen) atoms. The number of nitrogens with two attached hydrogens (primary N) is 2. The van der Waals surface area contributed by atoms with Crippen molar-refractivity contribution in [3.8, 4) is 11.1 Å². The van der Waals surface area contributed by atoms with Crippen molar-refractivity contribution >= 4 is 11.4 Å². The molecular weight excluding hydrogens is 316 g/mol. The van der Waals surface area contributed by atoms with E-state index in [1.165, 1.54) is 33.4 Å². The molecule has 0 aliphatic heterocycles. The van der Waals surface area contributed by atoms with Gasteiger partial charge in [0.25, 0.3) is 0 Å². The highest BCUT2D eigenvalue weighted by Crippen LogP contribution is 2.48. The molecule has 0 aliphatic carbocycles. The van der Waals surface area contributed by atoms with E-state index in [0.717, 1.165) is 11.4 Å². The fraction of sp³-hybridized carbons (Fsp3) is 0.500. The van der Waals surface area contributed by atoms with Crippen molar-refractivity contribution in [3.63, 3.8) is 0 Å². The van der Waals surface area contributed by atoms with Crippen LogP contribution in [-0.4, -0.2) is 0 Å². The number of rotatable bonds is 5. The lowest BCUT2D eigenvalue weighted by atomic mass is 9.74.